The molecule has 1 unspecified atom stereocenters. The molecule has 0 bridgehead atoms. The van der Waals surface area contributed by atoms with Crippen LogP contribution < -0.4 is 21.3 Å². The number of amidine groups is 1. The van der Waals surface area contributed by atoms with E-state index < -0.39 is 18.0 Å². The van der Waals surface area contributed by atoms with Gasteiger partial charge in [-0.15, -0.1) is 0 Å². The summed E-state index contributed by atoms with van der Waals surface area (Å²) in [6, 6.07) is 5.33. The molecule has 1 fully saturated rings. The Morgan fingerprint density at radius 3 is 2.60 bits per heavy atom. The van der Waals surface area contributed by atoms with E-state index in [0.717, 1.165) is 0 Å². The molecular formula is C15H19N5O5. The smallest absolute Gasteiger partial charge is 0.315 e. The van der Waals surface area contributed by atoms with Crippen LogP contribution in [-0.2, 0) is 9.59 Å². The van der Waals surface area contributed by atoms with Crippen molar-refractivity contribution < 1.29 is 24.7 Å². The topological polar surface area (TPSA) is 157 Å². The third-order valence-corrected chi connectivity index (χ3v) is 3.72. The van der Waals surface area contributed by atoms with E-state index in [1.807, 2.05) is 0 Å². The molecule has 1 heterocycles. The van der Waals surface area contributed by atoms with Crippen LogP contribution in [0.25, 0.3) is 0 Å². The van der Waals surface area contributed by atoms with Crippen molar-refractivity contribution in [2.24, 2.45) is 10.9 Å². The van der Waals surface area contributed by atoms with E-state index in [9.17, 15) is 14.4 Å². The van der Waals surface area contributed by atoms with Gasteiger partial charge >= 0.3 is 12.0 Å². The quantitative estimate of drug-likeness (QED) is 0.205. The van der Waals surface area contributed by atoms with Crippen LogP contribution in [0.1, 0.15) is 18.4 Å². The summed E-state index contributed by atoms with van der Waals surface area (Å²) in [5.74, 6) is -1.31. The summed E-state index contributed by atoms with van der Waals surface area (Å²) in [5.41, 5.74) is 6.64. The van der Waals surface area contributed by atoms with Gasteiger partial charge in [-0.05, 0) is 30.7 Å². The third kappa shape index (κ3) is 4.59. The number of hydrogen-bond donors (Lipinski definition) is 5. The van der Waals surface area contributed by atoms with Crippen molar-refractivity contribution in [1.82, 2.24) is 10.6 Å². The lowest BCUT2D eigenvalue weighted by Gasteiger charge is -2.17. The van der Waals surface area contributed by atoms with Crippen LogP contribution in [-0.4, -0.2) is 53.2 Å². The van der Waals surface area contributed by atoms with Crippen LogP contribution in [0.2, 0.25) is 0 Å². The largest absolute Gasteiger partial charge is 0.481 e. The normalized spacial score (nSPS) is 17.4. The number of anilines is 1. The van der Waals surface area contributed by atoms with Crippen LogP contribution in [0.3, 0.4) is 0 Å². The van der Waals surface area contributed by atoms with Crippen molar-refractivity contribution in [3.63, 3.8) is 0 Å². The Labute approximate surface area is 143 Å². The first-order valence-electron chi connectivity index (χ1n) is 7.58. The number of nitrogens with one attached hydrogen (secondary N) is 2. The van der Waals surface area contributed by atoms with Gasteiger partial charge in [-0.1, -0.05) is 5.16 Å². The molecule has 10 heteroatoms. The predicted molar refractivity (Wildman–Crippen MR) is 88.5 cm³/mol. The van der Waals surface area contributed by atoms with E-state index in [0.29, 0.717) is 24.2 Å². The standard InChI is InChI=1S/C15H19N5O5/c16-13(19-25)9-1-3-10(4-2-9)20-8-6-11(14(20)23)18-15(24)17-7-5-12(21)22/h1-4,11,25H,5-8H2,(H2,16,19)(H,21,22)(H2,17,18,24). The molecule has 1 aromatic rings. The maximum absolute atomic E-state index is 12.4. The molecule has 0 aliphatic carbocycles. The Hall–Kier alpha value is -3.30. The van der Waals surface area contributed by atoms with Crippen molar-refractivity contribution in [3.05, 3.63) is 29.8 Å². The SMILES string of the molecule is NC(=NO)c1ccc(N2CCC(NC(=O)NCCC(=O)O)C2=O)cc1. The molecule has 1 aromatic carbocycles. The highest BCUT2D eigenvalue weighted by Crippen LogP contribution is 2.22. The minimum Gasteiger partial charge on any atom is -0.481 e. The Bertz CT molecular complexity index is 688. The van der Waals surface area contributed by atoms with E-state index in [1.165, 1.54) is 4.90 Å². The number of aliphatic carboxylic acids is 1. The predicted octanol–water partition coefficient (Wildman–Crippen LogP) is -0.340. The first kappa shape index (κ1) is 18.0. The summed E-state index contributed by atoms with van der Waals surface area (Å²) in [5, 5.41) is 25.0. The number of rotatable bonds is 6. The summed E-state index contributed by atoms with van der Waals surface area (Å²) in [6.45, 7) is 0.420. The average Bonchev–Trinajstić information content (AvgIpc) is 2.94. The second kappa shape index (κ2) is 7.99. The Balaban J connectivity index is 1.92. The molecule has 0 spiro atoms. The molecule has 134 valence electrons. The van der Waals surface area contributed by atoms with Crippen LogP contribution >= 0.6 is 0 Å². The molecule has 3 amide bonds. The van der Waals surface area contributed by atoms with Gasteiger partial charge in [0.1, 0.15) is 6.04 Å². The van der Waals surface area contributed by atoms with Gasteiger partial charge in [0.25, 0.3) is 0 Å². The Morgan fingerprint density at radius 1 is 1.32 bits per heavy atom. The van der Waals surface area contributed by atoms with E-state index in [-0.39, 0.29) is 24.7 Å². The Kier molecular flexibility index (Phi) is 5.77. The van der Waals surface area contributed by atoms with Crippen molar-refractivity contribution in [2.45, 2.75) is 18.9 Å². The van der Waals surface area contributed by atoms with Gasteiger partial charge in [-0.3, -0.25) is 9.59 Å². The molecular weight excluding hydrogens is 330 g/mol. The number of urea groups is 1. The summed E-state index contributed by atoms with van der Waals surface area (Å²) in [6.07, 6.45) is 0.248. The zero-order chi connectivity index (χ0) is 18.4. The molecule has 0 saturated carbocycles. The average molecular weight is 349 g/mol. The fourth-order valence-electron chi connectivity index (χ4n) is 2.43. The number of amides is 3. The number of nitrogens with zero attached hydrogens (tertiary/aromatic N) is 2. The molecule has 1 saturated heterocycles. The first-order chi connectivity index (χ1) is 11.9. The lowest BCUT2D eigenvalue weighted by molar-refractivity contribution is -0.136. The van der Waals surface area contributed by atoms with Gasteiger partial charge in [0.15, 0.2) is 5.84 Å². The van der Waals surface area contributed by atoms with Crippen molar-refractivity contribution in [2.75, 3.05) is 18.0 Å². The monoisotopic (exact) mass is 349 g/mol. The third-order valence-electron chi connectivity index (χ3n) is 3.72. The van der Waals surface area contributed by atoms with E-state index in [2.05, 4.69) is 15.8 Å². The summed E-state index contributed by atoms with van der Waals surface area (Å²) >= 11 is 0. The molecule has 1 aliphatic heterocycles. The zero-order valence-electron chi connectivity index (χ0n) is 13.3. The summed E-state index contributed by atoms with van der Waals surface area (Å²) in [4.78, 5) is 36.0. The summed E-state index contributed by atoms with van der Waals surface area (Å²) in [7, 11) is 0. The lowest BCUT2D eigenvalue weighted by atomic mass is 10.2. The molecule has 0 radical (unpaired) electrons. The van der Waals surface area contributed by atoms with E-state index in [4.69, 9.17) is 16.0 Å². The fourth-order valence-corrected chi connectivity index (χ4v) is 2.43. The number of carbonyl (C=O) groups is 3. The number of carboxylic acid groups (broad SMARTS) is 1. The Morgan fingerprint density at radius 2 is 2.00 bits per heavy atom. The van der Waals surface area contributed by atoms with Crippen molar-refractivity contribution >= 4 is 29.4 Å². The molecule has 1 atom stereocenters. The van der Waals surface area contributed by atoms with Gasteiger partial charge in [0.2, 0.25) is 5.91 Å². The minimum atomic E-state index is -1.02. The molecule has 2 rings (SSSR count). The maximum atomic E-state index is 12.4. The first-order valence-corrected chi connectivity index (χ1v) is 7.58. The van der Waals surface area contributed by atoms with E-state index in [1.54, 1.807) is 24.3 Å². The van der Waals surface area contributed by atoms with Gasteiger partial charge in [0, 0.05) is 24.3 Å². The molecule has 25 heavy (non-hydrogen) atoms. The number of benzene rings is 1. The number of oxime groups is 1. The van der Waals surface area contributed by atoms with Crippen LogP contribution in [0.4, 0.5) is 10.5 Å². The van der Waals surface area contributed by atoms with Gasteiger partial charge in [-0.2, -0.15) is 0 Å². The second-order valence-electron chi connectivity index (χ2n) is 5.41. The molecule has 6 N–H and O–H groups in total. The lowest BCUT2D eigenvalue weighted by Crippen LogP contribution is -2.46. The van der Waals surface area contributed by atoms with Crippen LogP contribution in [0.5, 0.6) is 0 Å². The van der Waals surface area contributed by atoms with Crippen LogP contribution in [0.15, 0.2) is 29.4 Å². The number of nitrogens with two attached hydrogens (primary N) is 1. The second-order valence-corrected chi connectivity index (χ2v) is 5.41. The van der Waals surface area contributed by atoms with Crippen molar-refractivity contribution in [3.8, 4) is 0 Å². The zero-order valence-corrected chi connectivity index (χ0v) is 13.3. The summed E-state index contributed by atoms with van der Waals surface area (Å²) < 4.78 is 0. The van der Waals surface area contributed by atoms with Crippen molar-refractivity contribution in [1.29, 1.82) is 0 Å². The highest BCUT2D eigenvalue weighted by atomic mass is 16.4. The number of hydrogen-bond acceptors (Lipinski definition) is 5. The highest BCUT2D eigenvalue weighted by Gasteiger charge is 2.33. The van der Waals surface area contributed by atoms with Gasteiger partial charge in [0.05, 0.1) is 6.42 Å². The molecule has 10 nitrogen and oxygen atoms in total. The number of carbonyl (C=O) groups excluding carboxylic acids is 2. The molecule has 1 aliphatic rings. The minimum absolute atomic E-state index is 0.0128. The van der Waals surface area contributed by atoms with Gasteiger partial charge < -0.3 is 31.6 Å². The maximum Gasteiger partial charge on any atom is 0.315 e. The van der Waals surface area contributed by atoms with Gasteiger partial charge in [-0.25, -0.2) is 4.79 Å². The fraction of sp³-hybridized carbons (Fsp3) is 0.333. The van der Waals surface area contributed by atoms with E-state index >= 15 is 0 Å². The highest BCUT2D eigenvalue weighted by molar-refractivity contribution is 6.02. The van der Waals surface area contributed by atoms with Crippen LogP contribution in [0, 0.1) is 0 Å². The molecule has 0 aromatic heterocycles. The number of carboxylic acids is 1.